The molecule has 0 aliphatic rings. The van der Waals surface area contributed by atoms with E-state index in [0.29, 0.717) is 12.2 Å². The predicted octanol–water partition coefficient (Wildman–Crippen LogP) is 2.45. The van der Waals surface area contributed by atoms with E-state index in [2.05, 4.69) is 4.72 Å². The third kappa shape index (κ3) is 3.90. The van der Waals surface area contributed by atoms with Gasteiger partial charge in [-0.3, -0.25) is 10.1 Å². The second-order valence-corrected chi connectivity index (χ2v) is 7.34. The molecule has 0 aliphatic carbocycles. The van der Waals surface area contributed by atoms with Crippen molar-refractivity contribution in [3.05, 3.63) is 63.7 Å². The van der Waals surface area contributed by atoms with Crippen molar-refractivity contribution in [2.75, 3.05) is 19.0 Å². The normalized spacial score (nSPS) is 11.3. The second kappa shape index (κ2) is 6.98. The highest BCUT2D eigenvalue weighted by molar-refractivity contribution is 7.89. The van der Waals surface area contributed by atoms with Crippen LogP contribution in [0.2, 0.25) is 0 Å². The lowest BCUT2D eigenvalue weighted by Gasteiger charge is -2.20. The molecule has 0 radical (unpaired) electrons. The fourth-order valence-electron chi connectivity index (χ4n) is 2.31. The van der Waals surface area contributed by atoms with Crippen molar-refractivity contribution in [2.45, 2.75) is 18.4 Å². The van der Waals surface area contributed by atoms with Crippen LogP contribution in [0, 0.1) is 17.0 Å². The molecule has 0 bridgehead atoms. The van der Waals surface area contributed by atoms with Crippen molar-refractivity contribution in [1.29, 1.82) is 0 Å². The van der Waals surface area contributed by atoms with Gasteiger partial charge in [0.05, 0.1) is 9.82 Å². The minimum atomic E-state index is -3.73. The summed E-state index contributed by atoms with van der Waals surface area (Å²) in [6, 6.07) is 11.7. The summed E-state index contributed by atoms with van der Waals surface area (Å²) in [6.07, 6.45) is 0. The van der Waals surface area contributed by atoms with E-state index < -0.39 is 14.9 Å². The zero-order chi connectivity index (χ0) is 17.9. The summed E-state index contributed by atoms with van der Waals surface area (Å²) in [5.41, 5.74) is 2.25. The molecule has 8 heteroatoms. The molecule has 24 heavy (non-hydrogen) atoms. The van der Waals surface area contributed by atoms with Crippen LogP contribution < -0.4 is 9.62 Å². The lowest BCUT2D eigenvalue weighted by atomic mass is 10.1. The van der Waals surface area contributed by atoms with Crippen LogP contribution in [0.5, 0.6) is 0 Å². The average Bonchev–Trinajstić information content (AvgIpc) is 2.56. The standard InChI is InChI=1S/C16H19N3O4S/c1-12-4-6-13(7-5-12)11-18(3)15-9-8-14(24(22,23)17-2)10-16(15)19(20)21/h4-10,17H,11H2,1-3H3. The van der Waals surface area contributed by atoms with Gasteiger partial charge in [-0.1, -0.05) is 29.8 Å². The first-order valence-electron chi connectivity index (χ1n) is 7.23. The van der Waals surface area contributed by atoms with Crippen LogP contribution in [-0.2, 0) is 16.6 Å². The first kappa shape index (κ1) is 17.9. The molecule has 7 nitrogen and oxygen atoms in total. The summed E-state index contributed by atoms with van der Waals surface area (Å²) in [6.45, 7) is 2.46. The Morgan fingerprint density at radius 1 is 1.17 bits per heavy atom. The van der Waals surface area contributed by atoms with Crippen molar-refractivity contribution in [3.8, 4) is 0 Å². The fourth-order valence-corrected chi connectivity index (χ4v) is 3.06. The molecule has 0 unspecified atom stereocenters. The van der Waals surface area contributed by atoms with Gasteiger partial charge in [-0.25, -0.2) is 13.1 Å². The van der Waals surface area contributed by atoms with E-state index in [0.717, 1.165) is 17.2 Å². The number of hydrogen-bond acceptors (Lipinski definition) is 5. The molecule has 0 amide bonds. The van der Waals surface area contributed by atoms with E-state index >= 15 is 0 Å². The van der Waals surface area contributed by atoms with Gasteiger partial charge in [0.15, 0.2) is 0 Å². The molecule has 0 saturated heterocycles. The van der Waals surface area contributed by atoms with Gasteiger partial charge in [0.1, 0.15) is 5.69 Å². The molecule has 2 aromatic rings. The third-order valence-corrected chi connectivity index (χ3v) is 5.09. The zero-order valence-corrected chi connectivity index (χ0v) is 14.5. The van der Waals surface area contributed by atoms with Crippen molar-refractivity contribution in [1.82, 2.24) is 4.72 Å². The summed E-state index contributed by atoms with van der Waals surface area (Å²) in [5.74, 6) is 0. The fraction of sp³-hybridized carbons (Fsp3) is 0.250. The molecule has 2 aromatic carbocycles. The molecule has 1 N–H and O–H groups in total. The van der Waals surface area contributed by atoms with Gasteiger partial charge in [0.2, 0.25) is 10.0 Å². The smallest absolute Gasteiger partial charge is 0.293 e. The number of nitrogens with zero attached hydrogens (tertiary/aromatic N) is 2. The predicted molar refractivity (Wildman–Crippen MR) is 92.6 cm³/mol. The molecule has 0 aromatic heterocycles. The quantitative estimate of drug-likeness (QED) is 0.639. The highest BCUT2D eigenvalue weighted by Gasteiger charge is 2.22. The molecular formula is C16H19N3O4S. The van der Waals surface area contributed by atoms with E-state index in [1.54, 1.807) is 11.9 Å². The number of rotatable bonds is 6. The van der Waals surface area contributed by atoms with Crippen LogP contribution in [0.15, 0.2) is 47.4 Å². The number of nitrogens with one attached hydrogen (secondary N) is 1. The highest BCUT2D eigenvalue weighted by atomic mass is 32.2. The maximum absolute atomic E-state index is 11.8. The van der Waals surface area contributed by atoms with Crippen LogP contribution in [0.3, 0.4) is 0 Å². The van der Waals surface area contributed by atoms with Crippen LogP contribution in [0.25, 0.3) is 0 Å². The lowest BCUT2D eigenvalue weighted by Crippen LogP contribution is -2.20. The van der Waals surface area contributed by atoms with Gasteiger partial charge >= 0.3 is 0 Å². The molecule has 0 fully saturated rings. The Balaban J connectivity index is 2.38. The minimum absolute atomic E-state index is 0.135. The Hall–Kier alpha value is -2.45. The summed E-state index contributed by atoms with van der Waals surface area (Å²) in [7, 11) is -0.740. The number of anilines is 1. The molecule has 0 aliphatic heterocycles. The van der Waals surface area contributed by atoms with E-state index in [-0.39, 0.29) is 10.6 Å². The van der Waals surface area contributed by atoms with Gasteiger partial charge in [0, 0.05) is 19.7 Å². The van der Waals surface area contributed by atoms with Crippen LogP contribution in [-0.4, -0.2) is 27.4 Å². The van der Waals surface area contributed by atoms with Crippen LogP contribution in [0.4, 0.5) is 11.4 Å². The SMILES string of the molecule is CNS(=O)(=O)c1ccc(N(C)Cc2ccc(C)cc2)c([N+](=O)[O-])c1. The van der Waals surface area contributed by atoms with Gasteiger partial charge in [-0.15, -0.1) is 0 Å². The van der Waals surface area contributed by atoms with Gasteiger partial charge < -0.3 is 4.90 Å². The van der Waals surface area contributed by atoms with Crippen molar-refractivity contribution in [2.24, 2.45) is 0 Å². The number of benzene rings is 2. The minimum Gasteiger partial charge on any atom is -0.365 e. The molecule has 0 saturated carbocycles. The average molecular weight is 349 g/mol. The van der Waals surface area contributed by atoms with E-state index in [9.17, 15) is 18.5 Å². The molecule has 0 atom stereocenters. The van der Waals surface area contributed by atoms with Gasteiger partial charge in [-0.05, 0) is 31.7 Å². The Kier molecular flexibility index (Phi) is 5.20. The molecular weight excluding hydrogens is 330 g/mol. The molecule has 2 rings (SSSR count). The Bertz CT molecular complexity index is 848. The van der Waals surface area contributed by atoms with E-state index in [1.807, 2.05) is 31.2 Å². The largest absolute Gasteiger partial charge is 0.365 e. The van der Waals surface area contributed by atoms with Crippen molar-refractivity contribution < 1.29 is 13.3 Å². The Labute approximate surface area is 141 Å². The number of aryl methyl sites for hydroxylation is 1. The van der Waals surface area contributed by atoms with Crippen molar-refractivity contribution in [3.63, 3.8) is 0 Å². The van der Waals surface area contributed by atoms with Crippen molar-refractivity contribution >= 4 is 21.4 Å². The summed E-state index contributed by atoms with van der Waals surface area (Å²) < 4.78 is 25.8. The molecule has 0 heterocycles. The first-order chi connectivity index (χ1) is 11.2. The highest BCUT2D eigenvalue weighted by Crippen LogP contribution is 2.31. The number of nitro benzene ring substituents is 1. The number of hydrogen-bond donors (Lipinski definition) is 1. The van der Waals surface area contributed by atoms with Gasteiger partial charge in [0.25, 0.3) is 5.69 Å². The second-order valence-electron chi connectivity index (χ2n) is 5.46. The summed E-state index contributed by atoms with van der Waals surface area (Å²) in [5, 5.41) is 11.4. The maximum atomic E-state index is 11.8. The summed E-state index contributed by atoms with van der Waals surface area (Å²) in [4.78, 5) is 12.4. The third-order valence-electron chi connectivity index (χ3n) is 3.67. The topological polar surface area (TPSA) is 92.6 Å². The van der Waals surface area contributed by atoms with Gasteiger partial charge in [-0.2, -0.15) is 0 Å². The lowest BCUT2D eigenvalue weighted by molar-refractivity contribution is -0.384. The summed E-state index contributed by atoms with van der Waals surface area (Å²) >= 11 is 0. The van der Waals surface area contributed by atoms with E-state index in [4.69, 9.17) is 0 Å². The Morgan fingerprint density at radius 2 is 1.79 bits per heavy atom. The monoisotopic (exact) mass is 349 g/mol. The number of sulfonamides is 1. The van der Waals surface area contributed by atoms with Crippen LogP contribution >= 0.6 is 0 Å². The molecule has 0 spiro atoms. The zero-order valence-electron chi connectivity index (χ0n) is 13.7. The number of nitro groups is 1. The van der Waals surface area contributed by atoms with Crippen LogP contribution in [0.1, 0.15) is 11.1 Å². The molecule has 128 valence electrons. The first-order valence-corrected chi connectivity index (χ1v) is 8.71. The Morgan fingerprint density at radius 3 is 2.33 bits per heavy atom. The van der Waals surface area contributed by atoms with E-state index in [1.165, 1.54) is 19.2 Å². The maximum Gasteiger partial charge on any atom is 0.293 e.